The quantitative estimate of drug-likeness (QED) is 0.806. The van der Waals surface area contributed by atoms with Gasteiger partial charge in [0.1, 0.15) is 25.1 Å². The van der Waals surface area contributed by atoms with Crippen molar-refractivity contribution in [1.29, 1.82) is 0 Å². The second-order valence-corrected chi connectivity index (χ2v) is 7.35. The van der Waals surface area contributed by atoms with Gasteiger partial charge in [-0.2, -0.15) is 0 Å². The summed E-state index contributed by atoms with van der Waals surface area (Å²) in [6.45, 7) is 5.21. The number of anilines is 2. The third kappa shape index (κ3) is 3.71. The molecule has 0 radical (unpaired) electrons. The van der Waals surface area contributed by atoms with E-state index < -0.39 is 6.09 Å². The maximum atomic E-state index is 12.6. The average molecular weight is 392 g/mol. The molecule has 9 heteroatoms. The molecule has 2 fully saturated rings. The zero-order valence-electron chi connectivity index (χ0n) is 15.9. The summed E-state index contributed by atoms with van der Waals surface area (Å²) in [4.78, 5) is 29.3. The number of halogens is 1. The number of ether oxygens (including phenoxy) is 2. The number of rotatable bonds is 5. The van der Waals surface area contributed by atoms with Gasteiger partial charge in [-0.05, 0) is 12.1 Å². The lowest BCUT2D eigenvalue weighted by Crippen LogP contribution is -2.57. The first-order chi connectivity index (χ1) is 13.5. The molecule has 2 atom stereocenters. The van der Waals surface area contributed by atoms with Gasteiger partial charge in [-0.25, -0.2) is 9.18 Å². The molecule has 3 aliphatic rings. The van der Waals surface area contributed by atoms with Crippen LogP contribution in [0.15, 0.2) is 18.2 Å². The standard InChI is InChI=1S/C19H25FN4O4/c1-13(25)21-9-16-11-24(19(26)28-16)14-2-3-17-18(8-14)27-12-15-10-22(5-4-20)6-7-23(15)17/h2-3,8,15-16H,4-7,9-12H2,1H3,(H,21,25)/t15?,16-/m0/s1. The van der Waals surface area contributed by atoms with Crippen LogP contribution in [0.5, 0.6) is 5.75 Å². The predicted octanol–water partition coefficient (Wildman–Crippen LogP) is 1.00. The molecule has 2 amide bonds. The summed E-state index contributed by atoms with van der Waals surface area (Å²) in [6, 6.07) is 5.93. The summed E-state index contributed by atoms with van der Waals surface area (Å²) in [7, 11) is 0. The number of nitrogens with one attached hydrogen (secondary N) is 1. The highest BCUT2D eigenvalue weighted by Crippen LogP contribution is 2.38. The normalized spacial score (nSPS) is 24.3. The number of benzene rings is 1. The van der Waals surface area contributed by atoms with Gasteiger partial charge < -0.3 is 19.7 Å². The maximum absolute atomic E-state index is 12.6. The molecule has 3 aliphatic heterocycles. The molecule has 2 saturated heterocycles. The number of cyclic esters (lactones) is 1. The number of carbonyl (C=O) groups excluding carboxylic acids is 2. The van der Waals surface area contributed by atoms with E-state index in [1.807, 2.05) is 18.2 Å². The van der Waals surface area contributed by atoms with Gasteiger partial charge in [0.2, 0.25) is 5.91 Å². The van der Waals surface area contributed by atoms with Gasteiger partial charge in [0.25, 0.3) is 0 Å². The van der Waals surface area contributed by atoms with Crippen LogP contribution in [0.3, 0.4) is 0 Å². The van der Waals surface area contributed by atoms with E-state index in [4.69, 9.17) is 9.47 Å². The number of amides is 2. The van der Waals surface area contributed by atoms with Crippen LogP contribution >= 0.6 is 0 Å². The predicted molar refractivity (Wildman–Crippen MR) is 102 cm³/mol. The first kappa shape index (κ1) is 18.8. The first-order valence-electron chi connectivity index (χ1n) is 9.59. The minimum absolute atomic E-state index is 0.155. The molecule has 1 aromatic carbocycles. The van der Waals surface area contributed by atoms with Crippen LogP contribution < -0.4 is 19.9 Å². The fourth-order valence-corrected chi connectivity index (χ4v) is 4.01. The minimum atomic E-state index is -0.427. The number of carbonyl (C=O) groups is 2. The van der Waals surface area contributed by atoms with Crippen molar-refractivity contribution in [3.8, 4) is 5.75 Å². The van der Waals surface area contributed by atoms with Crippen molar-refractivity contribution in [2.24, 2.45) is 0 Å². The van der Waals surface area contributed by atoms with E-state index in [1.165, 1.54) is 6.92 Å². The van der Waals surface area contributed by atoms with Crippen molar-refractivity contribution in [2.45, 2.75) is 19.1 Å². The topological polar surface area (TPSA) is 74.4 Å². The van der Waals surface area contributed by atoms with E-state index in [0.29, 0.717) is 31.9 Å². The van der Waals surface area contributed by atoms with Crippen molar-refractivity contribution in [1.82, 2.24) is 10.2 Å². The Kier molecular flexibility index (Phi) is 5.25. The molecule has 4 rings (SSSR count). The molecular weight excluding hydrogens is 367 g/mol. The third-order valence-corrected chi connectivity index (χ3v) is 5.42. The van der Waals surface area contributed by atoms with E-state index >= 15 is 0 Å². The van der Waals surface area contributed by atoms with Crippen molar-refractivity contribution < 1.29 is 23.5 Å². The molecule has 1 unspecified atom stereocenters. The molecule has 0 aliphatic carbocycles. The van der Waals surface area contributed by atoms with E-state index in [0.717, 1.165) is 31.1 Å². The van der Waals surface area contributed by atoms with Crippen LogP contribution in [-0.2, 0) is 9.53 Å². The Morgan fingerprint density at radius 1 is 1.32 bits per heavy atom. The van der Waals surface area contributed by atoms with Gasteiger partial charge in [0, 0.05) is 39.2 Å². The number of fused-ring (bicyclic) bond motifs is 3. The summed E-state index contributed by atoms with van der Waals surface area (Å²) in [5, 5.41) is 2.67. The van der Waals surface area contributed by atoms with Crippen molar-refractivity contribution in [3.05, 3.63) is 18.2 Å². The van der Waals surface area contributed by atoms with Crippen LogP contribution in [0.1, 0.15) is 6.92 Å². The number of hydrogen-bond donors (Lipinski definition) is 1. The Hall–Kier alpha value is -2.55. The monoisotopic (exact) mass is 392 g/mol. The number of piperazine rings is 1. The lowest BCUT2D eigenvalue weighted by atomic mass is 10.1. The molecular formula is C19H25FN4O4. The second kappa shape index (κ2) is 7.83. The van der Waals surface area contributed by atoms with Crippen LogP contribution in [0.25, 0.3) is 0 Å². The zero-order chi connectivity index (χ0) is 19.7. The van der Waals surface area contributed by atoms with Crippen LogP contribution in [-0.4, -0.2) is 81.6 Å². The summed E-state index contributed by atoms with van der Waals surface area (Å²) in [6.07, 6.45) is -0.801. The number of hydrogen-bond acceptors (Lipinski definition) is 6. The molecule has 28 heavy (non-hydrogen) atoms. The van der Waals surface area contributed by atoms with Crippen LogP contribution in [0, 0.1) is 0 Å². The maximum Gasteiger partial charge on any atom is 0.414 e. The van der Waals surface area contributed by atoms with E-state index in [-0.39, 0.29) is 24.7 Å². The Bertz CT molecular complexity index is 761. The Balaban J connectivity index is 1.45. The smallest absolute Gasteiger partial charge is 0.414 e. The van der Waals surface area contributed by atoms with E-state index in [1.54, 1.807) is 4.90 Å². The lowest BCUT2D eigenvalue weighted by molar-refractivity contribution is -0.119. The number of nitrogens with zero attached hydrogens (tertiary/aromatic N) is 3. The summed E-state index contributed by atoms with van der Waals surface area (Å²) < 4.78 is 23.9. The summed E-state index contributed by atoms with van der Waals surface area (Å²) >= 11 is 0. The molecule has 8 nitrogen and oxygen atoms in total. The Labute approximate surface area is 163 Å². The molecule has 1 aromatic rings. The molecule has 3 heterocycles. The molecule has 152 valence electrons. The molecule has 0 spiro atoms. The van der Waals surface area contributed by atoms with Crippen molar-refractivity contribution in [2.75, 3.05) is 62.3 Å². The SMILES string of the molecule is CC(=O)NC[C@H]1CN(c2ccc3c(c2)OCC2CN(CCF)CCN32)C(=O)O1. The summed E-state index contributed by atoms with van der Waals surface area (Å²) in [5.74, 6) is 0.587. The van der Waals surface area contributed by atoms with Gasteiger partial charge in [-0.3, -0.25) is 14.6 Å². The van der Waals surface area contributed by atoms with Gasteiger partial charge >= 0.3 is 6.09 Å². The van der Waals surface area contributed by atoms with Gasteiger partial charge in [0.15, 0.2) is 0 Å². The summed E-state index contributed by atoms with van der Waals surface area (Å²) in [5.41, 5.74) is 1.71. The highest BCUT2D eigenvalue weighted by atomic mass is 19.1. The number of alkyl halides is 1. The minimum Gasteiger partial charge on any atom is -0.489 e. The van der Waals surface area contributed by atoms with E-state index in [2.05, 4.69) is 15.1 Å². The van der Waals surface area contributed by atoms with Gasteiger partial charge in [0.05, 0.1) is 30.5 Å². The van der Waals surface area contributed by atoms with Crippen molar-refractivity contribution in [3.63, 3.8) is 0 Å². The van der Waals surface area contributed by atoms with Gasteiger partial charge in [-0.1, -0.05) is 0 Å². The Morgan fingerprint density at radius 3 is 2.96 bits per heavy atom. The fraction of sp³-hybridized carbons (Fsp3) is 0.579. The molecule has 0 saturated carbocycles. The van der Waals surface area contributed by atoms with Crippen LogP contribution in [0.4, 0.5) is 20.6 Å². The second-order valence-electron chi connectivity index (χ2n) is 7.35. The molecule has 0 bridgehead atoms. The third-order valence-electron chi connectivity index (χ3n) is 5.42. The average Bonchev–Trinajstić information content (AvgIpc) is 3.06. The molecule has 0 aromatic heterocycles. The lowest BCUT2D eigenvalue weighted by Gasteiger charge is -2.45. The van der Waals surface area contributed by atoms with Crippen molar-refractivity contribution >= 4 is 23.4 Å². The Morgan fingerprint density at radius 2 is 2.18 bits per heavy atom. The molecule has 1 N–H and O–H groups in total. The van der Waals surface area contributed by atoms with Gasteiger partial charge in [-0.15, -0.1) is 0 Å². The first-order valence-corrected chi connectivity index (χ1v) is 9.59. The largest absolute Gasteiger partial charge is 0.489 e. The fourth-order valence-electron chi connectivity index (χ4n) is 4.01. The highest BCUT2D eigenvalue weighted by Gasteiger charge is 2.35. The van der Waals surface area contributed by atoms with Crippen LogP contribution in [0.2, 0.25) is 0 Å². The van der Waals surface area contributed by atoms with E-state index in [9.17, 15) is 14.0 Å². The highest BCUT2D eigenvalue weighted by molar-refractivity contribution is 5.90. The zero-order valence-corrected chi connectivity index (χ0v) is 15.9.